The molecule has 2 rings (SSSR count). The topological polar surface area (TPSA) is 166 Å². The van der Waals surface area contributed by atoms with E-state index in [-0.39, 0.29) is 35.1 Å². The summed E-state index contributed by atoms with van der Waals surface area (Å²) in [4.78, 5) is 76.5. The molecule has 0 aliphatic rings. The van der Waals surface area contributed by atoms with Gasteiger partial charge in [0, 0.05) is 19.7 Å². The van der Waals surface area contributed by atoms with Gasteiger partial charge in [0.15, 0.2) is 0 Å². The van der Waals surface area contributed by atoms with E-state index in [0.29, 0.717) is 12.0 Å². The standard InChI is InChI=1S/C20H23N5O7S/c1-11-15(33-20(22-11)32-3)18(30)23-12(6-7-14(27)17(29)21-2)16(28)24-13-5-4-8-25(9-10-26)19(13)31/h4-5,8,10,12H,6-7,9H2,1-3H3,(H,21,29)(H,23,30)(H,24,28). The van der Waals surface area contributed by atoms with Gasteiger partial charge >= 0.3 is 0 Å². The summed E-state index contributed by atoms with van der Waals surface area (Å²) in [5.41, 5.74) is -0.348. The Morgan fingerprint density at radius 3 is 2.64 bits per heavy atom. The quantitative estimate of drug-likeness (QED) is 0.292. The zero-order valence-electron chi connectivity index (χ0n) is 18.2. The fourth-order valence-corrected chi connectivity index (χ4v) is 3.55. The number of hydrogen-bond acceptors (Lipinski definition) is 9. The number of ketones is 1. The van der Waals surface area contributed by atoms with E-state index in [0.717, 1.165) is 15.9 Å². The van der Waals surface area contributed by atoms with E-state index in [4.69, 9.17) is 4.74 Å². The molecule has 0 fully saturated rings. The minimum absolute atomic E-state index is 0.114. The number of carbonyl (C=O) groups is 5. The predicted molar refractivity (Wildman–Crippen MR) is 118 cm³/mol. The van der Waals surface area contributed by atoms with E-state index in [1.165, 1.54) is 32.5 Å². The van der Waals surface area contributed by atoms with Crippen LogP contribution in [0.1, 0.15) is 28.2 Å². The number of methoxy groups -OCH3 is 1. The van der Waals surface area contributed by atoms with Gasteiger partial charge in [-0.25, -0.2) is 4.98 Å². The molecule has 0 aliphatic heterocycles. The van der Waals surface area contributed by atoms with Crippen LogP contribution in [0.5, 0.6) is 5.19 Å². The lowest BCUT2D eigenvalue weighted by atomic mass is 10.1. The van der Waals surface area contributed by atoms with E-state index in [2.05, 4.69) is 20.9 Å². The minimum atomic E-state index is -1.25. The molecule has 0 spiro atoms. The second-order valence-corrected chi connectivity index (χ2v) is 7.66. The lowest BCUT2D eigenvalue weighted by molar-refractivity contribution is -0.137. The van der Waals surface area contributed by atoms with Crippen LogP contribution in [0, 0.1) is 6.92 Å². The summed E-state index contributed by atoms with van der Waals surface area (Å²) in [5, 5.41) is 7.39. The second-order valence-electron chi connectivity index (χ2n) is 6.70. The largest absolute Gasteiger partial charge is 0.473 e. The highest BCUT2D eigenvalue weighted by Crippen LogP contribution is 2.24. The maximum absolute atomic E-state index is 12.9. The third kappa shape index (κ3) is 6.55. The smallest absolute Gasteiger partial charge is 0.287 e. The molecule has 0 radical (unpaired) electrons. The number of pyridine rings is 1. The first-order valence-corrected chi connectivity index (χ1v) is 10.5. The first-order chi connectivity index (χ1) is 15.7. The van der Waals surface area contributed by atoms with Crippen LogP contribution < -0.4 is 26.2 Å². The van der Waals surface area contributed by atoms with Crippen LogP contribution in [-0.2, 0) is 25.7 Å². The monoisotopic (exact) mass is 477 g/mol. The number of rotatable bonds is 11. The molecule has 13 heteroatoms. The number of nitrogens with one attached hydrogen (secondary N) is 3. The van der Waals surface area contributed by atoms with Gasteiger partial charge in [0.1, 0.15) is 22.9 Å². The van der Waals surface area contributed by atoms with Crippen molar-refractivity contribution in [3.63, 3.8) is 0 Å². The third-order valence-corrected chi connectivity index (χ3v) is 5.59. The van der Waals surface area contributed by atoms with Crippen molar-refractivity contribution in [3.05, 3.63) is 39.3 Å². The molecule has 176 valence electrons. The Bertz CT molecular complexity index is 1120. The average molecular weight is 477 g/mol. The fourth-order valence-electron chi connectivity index (χ4n) is 2.77. The molecule has 1 atom stereocenters. The van der Waals surface area contributed by atoms with Crippen molar-refractivity contribution >= 4 is 46.8 Å². The van der Waals surface area contributed by atoms with Crippen molar-refractivity contribution in [2.45, 2.75) is 32.4 Å². The summed E-state index contributed by atoms with van der Waals surface area (Å²) in [6.45, 7) is 1.40. The molecule has 33 heavy (non-hydrogen) atoms. The van der Waals surface area contributed by atoms with Gasteiger partial charge in [-0.05, 0) is 25.5 Å². The number of aromatic nitrogens is 2. The molecule has 2 heterocycles. The Hall–Kier alpha value is -3.87. The van der Waals surface area contributed by atoms with Crippen molar-refractivity contribution in [2.24, 2.45) is 0 Å². The van der Waals surface area contributed by atoms with Crippen LogP contribution in [0.3, 0.4) is 0 Å². The number of amides is 3. The van der Waals surface area contributed by atoms with Crippen molar-refractivity contribution in [1.82, 2.24) is 20.2 Å². The molecule has 0 saturated heterocycles. The van der Waals surface area contributed by atoms with Gasteiger partial charge in [-0.3, -0.25) is 24.0 Å². The van der Waals surface area contributed by atoms with Gasteiger partial charge in [0.05, 0.1) is 19.3 Å². The maximum Gasteiger partial charge on any atom is 0.287 e. The number of thiazole rings is 1. The molecule has 0 bridgehead atoms. The Labute approximate surface area is 192 Å². The van der Waals surface area contributed by atoms with Crippen LogP contribution in [0.2, 0.25) is 0 Å². The van der Waals surface area contributed by atoms with Crippen molar-refractivity contribution in [3.8, 4) is 5.19 Å². The highest BCUT2D eigenvalue weighted by atomic mass is 32.1. The molecular formula is C20H23N5O7S. The first-order valence-electron chi connectivity index (χ1n) is 9.72. The minimum Gasteiger partial charge on any atom is -0.473 e. The number of aryl methyl sites for hydroxylation is 1. The number of carbonyl (C=O) groups excluding carboxylic acids is 5. The Morgan fingerprint density at radius 2 is 2.03 bits per heavy atom. The number of aldehydes is 1. The number of ether oxygens (including phenoxy) is 1. The van der Waals surface area contributed by atoms with Gasteiger partial charge in [0.2, 0.25) is 11.7 Å². The SMILES string of the molecule is CNC(=O)C(=O)CCC(NC(=O)c1sc(OC)nc1C)C(=O)Nc1cccn(CC=O)c1=O. The van der Waals surface area contributed by atoms with E-state index in [1.54, 1.807) is 6.92 Å². The van der Waals surface area contributed by atoms with Crippen molar-refractivity contribution < 1.29 is 28.7 Å². The zero-order chi connectivity index (χ0) is 24.5. The summed E-state index contributed by atoms with van der Waals surface area (Å²) in [5.74, 6) is -3.01. The molecule has 3 amide bonds. The molecule has 0 aliphatic carbocycles. The zero-order valence-corrected chi connectivity index (χ0v) is 19.0. The van der Waals surface area contributed by atoms with E-state index in [1.807, 2.05) is 0 Å². The van der Waals surface area contributed by atoms with Crippen LogP contribution in [0.4, 0.5) is 5.69 Å². The van der Waals surface area contributed by atoms with Crippen molar-refractivity contribution in [2.75, 3.05) is 19.5 Å². The number of Topliss-reactive ketones (excluding diaryl/α,β-unsaturated/α-hetero) is 1. The molecule has 1 unspecified atom stereocenters. The van der Waals surface area contributed by atoms with E-state index in [9.17, 15) is 28.8 Å². The Balaban J connectivity index is 2.25. The summed E-state index contributed by atoms with van der Waals surface area (Å²) in [6.07, 6.45) is 1.39. The molecule has 0 saturated carbocycles. The number of anilines is 1. The van der Waals surface area contributed by atoms with Crippen molar-refractivity contribution in [1.29, 1.82) is 0 Å². The lowest BCUT2D eigenvalue weighted by Gasteiger charge is -2.18. The van der Waals surface area contributed by atoms with Gasteiger partial charge in [0.25, 0.3) is 22.6 Å². The van der Waals surface area contributed by atoms with Crippen LogP contribution in [0.25, 0.3) is 0 Å². The van der Waals surface area contributed by atoms with Crippen LogP contribution in [0.15, 0.2) is 23.1 Å². The number of hydrogen-bond donors (Lipinski definition) is 3. The van der Waals surface area contributed by atoms with Gasteiger partial charge < -0.3 is 30.0 Å². The number of likely N-dealkylation sites (N-methyl/N-ethyl adjacent to an activating group) is 1. The molecule has 2 aromatic rings. The summed E-state index contributed by atoms with van der Waals surface area (Å²) in [7, 11) is 2.70. The maximum atomic E-state index is 12.9. The highest BCUT2D eigenvalue weighted by molar-refractivity contribution is 7.15. The van der Waals surface area contributed by atoms with E-state index >= 15 is 0 Å². The van der Waals surface area contributed by atoms with Gasteiger partial charge in [-0.1, -0.05) is 11.3 Å². The highest BCUT2D eigenvalue weighted by Gasteiger charge is 2.26. The van der Waals surface area contributed by atoms with Crippen LogP contribution >= 0.6 is 11.3 Å². The third-order valence-electron chi connectivity index (χ3n) is 4.47. The molecule has 12 nitrogen and oxygen atoms in total. The summed E-state index contributed by atoms with van der Waals surface area (Å²) < 4.78 is 6.11. The second kappa shape index (κ2) is 11.7. The predicted octanol–water partition coefficient (Wildman–Crippen LogP) is -0.347. The van der Waals surface area contributed by atoms with E-state index < -0.39 is 35.1 Å². The van der Waals surface area contributed by atoms with Gasteiger partial charge in [-0.15, -0.1) is 0 Å². The Kier molecular flexibility index (Phi) is 8.98. The lowest BCUT2D eigenvalue weighted by Crippen LogP contribution is -2.45. The molecule has 0 aromatic carbocycles. The van der Waals surface area contributed by atoms with Crippen LogP contribution in [-0.4, -0.2) is 59.5 Å². The fraction of sp³-hybridized carbons (Fsp3) is 0.350. The first kappa shape index (κ1) is 25.4. The summed E-state index contributed by atoms with van der Waals surface area (Å²) in [6, 6.07) is 1.56. The number of nitrogens with zero attached hydrogens (tertiary/aromatic N) is 2. The average Bonchev–Trinajstić information content (AvgIpc) is 3.19. The normalized spacial score (nSPS) is 11.2. The molecule has 2 aromatic heterocycles. The summed E-state index contributed by atoms with van der Waals surface area (Å²) >= 11 is 0.974. The van der Waals surface area contributed by atoms with Gasteiger partial charge in [-0.2, -0.15) is 0 Å². The molecular weight excluding hydrogens is 454 g/mol. The Morgan fingerprint density at radius 1 is 1.30 bits per heavy atom. The molecule has 3 N–H and O–H groups in total.